The van der Waals surface area contributed by atoms with Gasteiger partial charge in [0, 0.05) is 37.4 Å². The van der Waals surface area contributed by atoms with E-state index in [1.165, 1.54) is 36.5 Å². The molecule has 4 rings (SSSR count). The average Bonchev–Trinajstić information content (AvgIpc) is 3.41. The third-order valence-corrected chi connectivity index (χ3v) is 5.68. The van der Waals surface area contributed by atoms with Gasteiger partial charge in [-0.2, -0.15) is 0 Å². The molecule has 1 saturated heterocycles. The van der Waals surface area contributed by atoms with Crippen LogP contribution in [0.3, 0.4) is 0 Å². The third kappa shape index (κ3) is 3.81. The Morgan fingerprint density at radius 2 is 2.00 bits per heavy atom. The van der Waals surface area contributed by atoms with Crippen LogP contribution in [0.4, 0.5) is 4.39 Å². The summed E-state index contributed by atoms with van der Waals surface area (Å²) in [6.45, 7) is 4.75. The molecule has 1 saturated carbocycles. The maximum Gasteiger partial charge on any atom is 0.226 e. The van der Waals surface area contributed by atoms with Gasteiger partial charge >= 0.3 is 0 Å². The Hall–Kier alpha value is -2.17. The van der Waals surface area contributed by atoms with Crippen molar-refractivity contribution in [1.29, 1.82) is 0 Å². The lowest BCUT2D eigenvalue weighted by atomic mass is 9.96. The highest BCUT2D eigenvalue weighted by molar-refractivity contribution is 5.78. The molecule has 2 heterocycles. The summed E-state index contributed by atoms with van der Waals surface area (Å²) >= 11 is 0. The van der Waals surface area contributed by atoms with Gasteiger partial charge in [0.25, 0.3) is 0 Å². The Labute approximate surface area is 154 Å². The summed E-state index contributed by atoms with van der Waals surface area (Å²) in [5.41, 5.74) is 2.00. The molecule has 1 aliphatic carbocycles. The lowest BCUT2D eigenvalue weighted by Gasteiger charge is -2.32. The zero-order valence-electron chi connectivity index (χ0n) is 15.3. The van der Waals surface area contributed by atoms with Crippen molar-refractivity contribution in [1.82, 2.24) is 14.5 Å². The van der Waals surface area contributed by atoms with Crippen LogP contribution >= 0.6 is 0 Å². The minimum atomic E-state index is -0.281. The van der Waals surface area contributed by atoms with Crippen molar-refractivity contribution in [3.63, 3.8) is 0 Å². The summed E-state index contributed by atoms with van der Waals surface area (Å²) in [6, 6.07) is 6.34. The van der Waals surface area contributed by atoms with Crippen LogP contribution in [0.15, 0.2) is 30.5 Å². The summed E-state index contributed by atoms with van der Waals surface area (Å²) in [6.07, 6.45) is 6.86. The van der Waals surface area contributed by atoms with Gasteiger partial charge in [0.15, 0.2) is 0 Å². The molecule has 138 valence electrons. The van der Waals surface area contributed by atoms with Gasteiger partial charge in [0.2, 0.25) is 5.91 Å². The fourth-order valence-corrected chi connectivity index (χ4v) is 3.94. The number of nitrogens with zero attached hydrogens (tertiary/aromatic N) is 3. The van der Waals surface area contributed by atoms with Gasteiger partial charge < -0.3 is 9.47 Å². The van der Waals surface area contributed by atoms with Crippen molar-refractivity contribution >= 4 is 5.91 Å². The second-order valence-corrected chi connectivity index (χ2v) is 7.77. The van der Waals surface area contributed by atoms with Gasteiger partial charge in [-0.15, -0.1) is 0 Å². The predicted octanol–water partition coefficient (Wildman–Crippen LogP) is 3.69. The molecule has 0 N–H and O–H groups in total. The van der Waals surface area contributed by atoms with Gasteiger partial charge in [0.1, 0.15) is 11.6 Å². The van der Waals surface area contributed by atoms with E-state index in [0.717, 1.165) is 38.0 Å². The van der Waals surface area contributed by atoms with Crippen LogP contribution in [0.1, 0.15) is 48.7 Å². The molecular weight excluding hydrogens is 329 g/mol. The van der Waals surface area contributed by atoms with Crippen molar-refractivity contribution in [3.05, 3.63) is 53.4 Å². The van der Waals surface area contributed by atoms with Crippen LogP contribution in [0.2, 0.25) is 0 Å². The molecule has 5 heteroatoms. The highest BCUT2D eigenvalue weighted by Gasteiger charge is 2.30. The first-order chi connectivity index (χ1) is 12.6. The molecule has 2 fully saturated rings. The van der Waals surface area contributed by atoms with Crippen LogP contribution in [-0.4, -0.2) is 33.4 Å². The Morgan fingerprint density at radius 3 is 2.69 bits per heavy atom. The summed E-state index contributed by atoms with van der Waals surface area (Å²) in [4.78, 5) is 19.0. The molecule has 1 aromatic heterocycles. The van der Waals surface area contributed by atoms with E-state index < -0.39 is 0 Å². The van der Waals surface area contributed by atoms with Crippen molar-refractivity contribution in [3.8, 4) is 0 Å². The normalized spacial score (nSPS) is 18.3. The van der Waals surface area contributed by atoms with Crippen LogP contribution in [0, 0.1) is 18.7 Å². The monoisotopic (exact) mass is 355 g/mol. The number of hydrogen-bond acceptors (Lipinski definition) is 2. The molecule has 2 aromatic rings. The van der Waals surface area contributed by atoms with Gasteiger partial charge in [-0.1, -0.05) is 12.1 Å². The fourth-order valence-electron chi connectivity index (χ4n) is 3.94. The fraction of sp³-hybridized carbons (Fsp3) is 0.524. The van der Waals surface area contributed by atoms with Crippen LogP contribution in [-0.2, 0) is 17.8 Å². The number of rotatable bonds is 5. The average molecular weight is 355 g/mol. The molecular formula is C21H26FN3O. The van der Waals surface area contributed by atoms with Crippen molar-refractivity contribution < 1.29 is 9.18 Å². The number of carbonyl (C=O) groups excluding carboxylic acids is 1. The zero-order valence-corrected chi connectivity index (χ0v) is 15.3. The molecule has 1 amide bonds. The van der Waals surface area contributed by atoms with E-state index >= 15 is 0 Å². The first-order valence-electron chi connectivity index (χ1n) is 9.64. The van der Waals surface area contributed by atoms with Crippen LogP contribution in [0.25, 0.3) is 0 Å². The number of aromatic nitrogens is 2. The zero-order chi connectivity index (χ0) is 18.1. The third-order valence-electron chi connectivity index (χ3n) is 5.68. The number of likely N-dealkylation sites (tertiary alicyclic amines) is 1. The summed E-state index contributed by atoms with van der Waals surface area (Å²) in [5, 5.41) is 0. The van der Waals surface area contributed by atoms with Gasteiger partial charge in [0.05, 0.1) is 6.42 Å². The molecule has 4 nitrogen and oxygen atoms in total. The molecule has 0 bridgehead atoms. The maximum absolute atomic E-state index is 13.3. The Kier molecular flexibility index (Phi) is 4.79. The van der Waals surface area contributed by atoms with E-state index in [1.807, 2.05) is 17.2 Å². The minimum Gasteiger partial charge on any atom is -0.342 e. The van der Waals surface area contributed by atoms with Crippen LogP contribution < -0.4 is 0 Å². The van der Waals surface area contributed by atoms with E-state index in [2.05, 4.69) is 16.5 Å². The predicted molar refractivity (Wildman–Crippen MR) is 98.3 cm³/mol. The molecule has 26 heavy (non-hydrogen) atoms. The smallest absolute Gasteiger partial charge is 0.226 e. The molecule has 1 aliphatic heterocycles. The first-order valence-corrected chi connectivity index (χ1v) is 9.64. The molecule has 0 unspecified atom stereocenters. The number of benzene rings is 1. The largest absolute Gasteiger partial charge is 0.342 e. The SMILES string of the molecule is Cc1cnc(C2CC2)n1CC1CCN(C(=O)Cc2cccc(F)c2)CC1. The number of amides is 1. The number of imidazole rings is 1. The Morgan fingerprint density at radius 1 is 1.23 bits per heavy atom. The van der Waals surface area contributed by atoms with E-state index in [4.69, 9.17) is 0 Å². The highest BCUT2D eigenvalue weighted by Crippen LogP contribution is 2.40. The molecule has 2 aliphatic rings. The minimum absolute atomic E-state index is 0.103. The highest BCUT2D eigenvalue weighted by atomic mass is 19.1. The summed E-state index contributed by atoms with van der Waals surface area (Å²) < 4.78 is 15.7. The second-order valence-electron chi connectivity index (χ2n) is 7.77. The first kappa shape index (κ1) is 17.3. The van der Waals surface area contributed by atoms with Gasteiger partial charge in [-0.25, -0.2) is 9.37 Å². The van der Waals surface area contributed by atoms with Crippen molar-refractivity contribution in [2.24, 2.45) is 5.92 Å². The Balaban J connectivity index is 1.31. The molecule has 1 aromatic carbocycles. The quantitative estimate of drug-likeness (QED) is 0.820. The number of carbonyl (C=O) groups is 1. The van der Waals surface area contributed by atoms with Crippen LogP contribution in [0.5, 0.6) is 0 Å². The van der Waals surface area contributed by atoms with E-state index in [1.54, 1.807) is 6.07 Å². The Bertz CT molecular complexity index is 788. The topological polar surface area (TPSA) is 38.1 Å². The van der Waals surface area contributed by atoms with Crippen molar-refractivity contribution in [2.45, 2.75) is 51.5 Å². The standard InChI is InChI=1S/C21H26FN3O/c1-15-13-23-21(18-5-6-18)25(15)14-16-7-9-24(10-8-16)20(26)12-17-3-2-4-19(22)11-17/h2-4,11,13,16,18H,5-10,12,14H2,1H3. The van der Waals surface area contributed by atoms with Gasteiger partial charge in [-0.05, 0) is 56.2 Å². The molecule has 0 spiro atoms. The van der Waals surface area contributed by atoms with E-state index in [9.17, 15) is 9.18 Å². The number of hydrogen-bond donors (Lipinski definition) is 0. The molecule has 0 radical (unpaired) electrons. The second kappa shape index (κ2) is 7.22. The van der Waals surface area contributed by atoms with E-state index in [0.29, 0.717) is 11.8 Å². The number of aryl methyl sites for hydroxylation is 1. The molecule has 0 atom stereocenters. The van der Waals surface area contributed by atoms with E-state index in [-0.39, 0.29) is 18.1 Å². The summed E-state index contributed by atoms with van der Waals surface area (Å²) in [5.74, 6) is 2.34. The summed E-state index contributed by atoms with van der Waals surface area (Å²) in [7, 11) is 0. The lowest BCUT2D eigenvalue weighted by molar-refractivity contribution is -0.131. The number of piperidine rings is 1. The van der Waals surface area contributed by atoms with Crippen molar-refractivity contribution in [2.75, 3.05) is 13.1 Å². The number of halogens is 1. The maximum atomic E-state index is 13.3. The lowest BCUT2D eigenvalue weighted by Crippen LogP contribution is -2.40. The van der Waals surface area contributed by atoms with Gasteiger partial charge in [-0.3, -0.25) is 4.79 Å².